The molecule has 0 amide bonds. The number of thioether (sulfide) groups is 1. The predicted molar refractivity (Wildman–Crippen MR) is 70.4 cm³/mol. The van der Waals surface area contributed by atoms with Crippen LogP contribution in [0.15, 0.2) is 11.4 Å². The Bertz CT molecular complexity index is 371. The minimum Gasteiger partial charge on any atom is -0.371 e. The zero-order valence-corrected chi connectivity index (χ0v) is 11.1. The lowest BCUT2D eigenvalue weighted by Crippen LogP contribution is -2.52. The number of nitrogens with one attached hydrogen (secondary N) is 1. The van der Waals surface area contributed by atoms with Crippen LogP contribution < -0.4 is 5.32 Å². The molecule has 16 heavy (non-hydrogen) atoms. The molecule has 88 valence electrons. The van der Waals surface area contributed by atoms with E-state index in [1.165, 1.54) is 22.6 Å². The summed E-state index contributed by atoms with van der Waals surface area (Å²) >= 11 is 3.86. The van der Waals surface area contributed by atoms with E-state index in [2.05, 4.69) is 23.7 Å². The second kappa shape index (κ2) is 4.33. The van der Waals surface area contributed by atoms with Gasteiger partial charge in [0.15, 0.2) is 0 Å². The predicted octanol–water partition coefficient (Wildman–Crippen LogP) is 2.59. The van der Waals surface area contributed by atoms with Crippen LogP contribution in [0.5, 0.6) is 0 Å². The van der Waals surface area contributed by atoms with E-state index < -0.39 is 0 Å². The molecule has 2 fully saturated rings. The monoisotopic (exact) mass is 255 g/mol. The third-order valence-electron chi connectivity index (χ3n) is 3.47. The van der Waals surface area contributed by atoms with E-state index in [1.54, 1.807) is 0 Å². The maximum absolute atomic E-state index is 6.12. The van der Waals surface area contributed by atoms with Crippen LogP contribution >= 0.6 is 23.1 Å². The van der Waals surface area contributed by atoms with Crippen molar-refractivity contribution in [2.24, 2.45) is 0 Å². The largest absolute Gasteiger partial charge is 0.371 e. The van der Waals surface area contributed by atoms with E-state index in [4.69, 9.17) is 4.74 Å². The molecule has 2 aliphatic rings. The molecule has 1 N–H and O–H groups in total. The Balaban J connectivity index is 1.91. The SMILES string of the molecule is Cc1cc(C2NCCOC23CCSC3)cs1. The Morgan fingerprint density at radius 3 is 3.19 bits per heavy atom. The number of ether oxygens (including phenoxy) is 1. The Morgan fingerprint density at radius 1 is 1.56 bits per heavy atom. The zero-order chi connectivity index (χ0) is 11.0. The number of aryl methyl sites for hydroxylation is 1. The summed E-state index contributed by atoms with van der Waals surface area (Å²) in [7, 11) is 0. The number of thiophene rings is 1. The second-order valence-electron chi connectivity index (χ2n) is 4.59. The van der Waals surface area contributed by atoms with Gasteiger partial charge in [-0.3, -0.25) is 0 Å². The Morgan fingerprint density at radius 2 is 2.50 bits per heavy atom. The molecule has 2 atom stereocenters. The number of rotatable bonds is 1. The molecule has 3 heterocycles. The van der Waals surface area contributed by atoms with Crippen LogP contribution in [0.25, 0.3) is 0 Å². The van der Waals surface area contributed by atoms with Gasteiger partial charge in [0.1, 0.15) is 0 Å². The van der Waals surface area contributed by atoms with Gasteiger partial charge in [0.25, 0.3) is 0 Å². The van der Waals surface area contributed by atoms with Crippen LogP contribution in [0.1, 0.15) is 22.9 Å². The minimum atomic E-state index is 0.0659. The highest BCUT2D eigenvalue weighted by Crippen LogP contribution is 2.43. The van der Waals surface area contributed by atoms with Crippen LogP contribution in [0, 0.1) is 6.92 Å². The summed E-state index contributed by atoms with van der Waals surface area (Å²) in [4.78, 5) is 1.39. The van der Waals surface area contributed by atoms with Gasteiger partial charge >= 0.3 is 0 Å². The van der Waals surface area contributed by atoms with Crippen molar-refractivity contribution >= 4 is 23.1 Å². The van der Waals surface area contributed by atoms with Crippen molar-refractivity contribution in [3.8, 4) is 0 Å². The Labute approximate surface area is 105 Å². The molecular formula is C12H17NOS2. The second-order valence-corrected chi connectivity index (χ2v) is 6.81. The van der Waals surface area contributed by atoms with Crippen molar-refractivity contribution in [1.82, 2.24) is 5.32 Å². The number of morpholine rings is 1. The minimum absolute atomic E-state index is 0.0659. The molecule has 0 bridgehead atoms. The fraction of sp³-hybridized carbons (Fsp3) is 0.667. The molecule has 2 nitrogen and oxygen atoms in total. The van der Waals surface area contributed by atoms with Gasteiger partial charge in [0, 0.05) is 17.2 Å². The number of hydrogen-bond acceptors (Lipinski definition) is 4. The average molecular weight is 255 g/mol. The molecule has 1 aromatic heterocycles. The van der Waals surface area contributed by atoms with Crippen molar-refractivity contribution in [2.75, 3.05) is 24.7 Å². The first-order chi connectivity index (χ1) is 7.80. The van der Waals surface area contributed by atoms with Gasteiger partial charge in [-0.15, -0.1) is 11.3 Å². The van der Waals surface area contributed by atoms with Gasteiger partial charge in [-0.25, -0.2) is 0 Å². The summed E-state index contributed by atoms with van der Waals surface area (Å²) in [6.45, 7) is 4.01. The van der Waals surface area contributed by atoms with Gasteiger partial charge in [-0.05, 0) is 36.1 Å². The molecule has 1 spiro atoms. The molecule has 3 rings (SSSR count). The summed E-state index contributed by atoms with van der Waals surface area (Å²) in [6, 6.07) is 2.71. The van der Waals surface area contributed by atoms with E-state index in [9.17, 15) is 0 Å². The van der Waals surface area contributed by atoms with Crippen LogP contribution in [0.4, 0.5) is 0 Å². The lowest BCUT2D eigenvalue weighted by molar-refractivity contribution is -0.0795. The van der Waals surface area contributed by atoms with Crippen LogP contribution in [0.2, 0.25) is 0 Å². The molecular weight excluding hydrogens is 238 g/mol. The van der Waals surface area contributed by atoms with Crippen molar-refractivity contribution < 1.29 is 4.74 Å². The smallest absolute Gasteiger partial charge is 0.0974 e. The third kappa shape index (κ3) is 1.82. The topological polar surface area (TPSA) is 21.3 Å². The van der Waals surface area contributed by atoms with E-state index >= 15 is 0 Å². The van der Waals surface area contributed by atoms with Gasteiger partial charge in [0.05, 0.1) is 18.2 Å². The van der Waals surface area contributed by atoms with Crippen molar-refractivity contribution in [1.29, 1.82) is 0 Å². The molecule has 0 radical (unpaired) electrons. The molecule has 4 heteroatoms. The standard InChI is InChI=1S/C12H17NOS2/c1-9-6-10(7-16-9)11-12(2-5-15-8-12)14-4-3-13-11/h6-7,11,13H,2-5,8H2,1H3. The van der Waals surface area contributed by atoms with E-state index in [-0.39, 0.29) is 5.60 Å². The highest BCUT2D eigenvalue weighted by Gasteiger charge is 2.45. The highest BCUT2D eigenvalue weighted by molar-refractivity contribution is 7.99. The van der Waals surface area contributed by atoms with Crippen LogP contribution in [0.3, 0.4) is 0 Å². The fourth-order valence-electron chi connectivity index (χ4n) is 2.67. The zero-order valence-electron chi connectivity index (χ0n) is 9.49. The van der Waals surface area contributed by atoms with Crippen molar-refractivity contribution in [3.63, 3.8) is 0 Å². The first-order valence-electron chi connectivity index (χ1n) is 5.80. The summed E-state index contributed by atoms with van der Waals surface area (Å²) in [5, 5.41) is 5.93. The van der Waals surface area contributed by atoms with Crippen molar-refractivity contribution in [3.05, 3.63) is 21.9 Å². The maximum atomic E-state index is 6.12. The average Bonchev–Trinajstić information content (AvgIpc) is 2.90. The number of hydrogen-bond donors (Lipinski definition) is 1. The van der Waals surface area contributed by atoms with E-state index in [0.29, 0.717) is 6.04 Å². The van der Waals surface area contributed by atoms with Crippen molar-refractivity contribution in [2.45, 2.75) is 25.0 Å². The Hall–Kier alpha value is -0.0300. The Kier molecular flexibility index (Phi) is 3.00. The first kappa shape index (κ1) is 11.1. The summed E-state index contributed by atoms with van der Waals surface area (Å²) in [6.07, 6.45) is 1.18. The van der Waals surface area contributed by atoms with Gasteiger partial charge in [0.2, 0.25) is 0 Å². The van der Waals surface area contributed by atoms with Crippen LogP contribution in [-0.4, -0.2) is 30.3 Å². The quantitative estimate of drug-likeness (QED) is 0.833. The summed E-state index contributed by atoms with van der Waals surface area (Å²) in [5.74, 6) is 2.38. The fourth-order valence-corrected chi connectivity index (χ4v) is 4.77. The normalized spacial score (nSPS) is 34.7. The molecule has 1 aromatic rings. The lowest BCUT2D eigenvalue weighted by atomic mass is 9.87. The van der Waals surface area contributed by atoms with Gasteiger partial charge < -0.3 is 10.1 Å². The van der Waals surface area contributed by atoms with E-state index in [1.807, 2.05) is 23.1 Å². The van der Waals surface area contributed by atoms with Gasteiger partial charge in [-0.2, -0.15) is 11.8 Å². The molecule has 2 saturated heterocycles. The summed E-state index contributed by atoms with van der Waals surface area (Å²) < 4.78 is 6.12. The molecule has 0 aliphatic carbocycles. The highest BCUT2D eigenvalue weighted by atomic mass is 32.2. The molecule has 2 aliphatic heterocycles. The molecule has 2 unspecified atom stereocenters. The van der Waals surface area contributed by atoms with E-state index in [0.717, 1.165) is 18.9 Å². The third-order valence-corrected chi connectivity index (χ3v) is 5.53. The lowest BCUT2D eigenvalue weighted by Gasteiger charge is -2.41. The van der Waals surface area contributed by atoms with Crippen LogP contribution in [-0.2, 0) is 4.74 Å². The molecule has 0 saturated carbocycles. The maximum Gasteiger partial charge on any atom is 0.0974 e. The summed E-state index contributed by atoms with van der Waals surface area (Å²) in [5.41, 5.74) is 1.49. The van der Waals surface area contributed by atoms with Gasteiger partial charge in [-0.1, -0.05) is 0 Å². The first-order valence-corrected chi connectivity index (χ1v) is 7.84. The molecule has 0 aromatic carbocycles.